The highest BCUT2D eigenvalue weighted by molar-refractivity contribution is 5.26. The van der Waals surface area contributed by atoms with E-state index in [2.05, 4.69) is 32.6 Å². The lowest BCUT2D eigenvalue weighted by molar-refractivity contribution is 0.155. The Labute approximate surface area is 123 Å². The average Bonchev–Trinajstić information content (AvgIpc) is 2.41. The van der Waals surface area contributed by atoms with E-state index in [4.69, 9.17) is 5.73 Å². The lowest BCUT2D eigenvalue weighted by Gasteiger charge is -2.32. The Hall–Kier alpha value is -0.930. The van der Waals surface area contributed by atoms with Crippen LogP contribution in [0.3, 0.4) is 0 Å². The van der Waals surface area contributed by atoms with Crippen LogP contribution in [0, 0.1) is 11.7 Å². The molecule has 0 unspecified atom stereocenters. The molecule has 0 aromatic heterocycles. The molecule has 20 heavy (non-hydrogen) atoms. The van der Waals surface area contributed by atoms with Crippen molar-refractivity contribution in [3.63, 3.8) is 0 Å². The Morgan fingerprint density at radius 1 is 1.15 bits per heavy atom. The number of rotatable bonds is 8. The average molecular weight is 280 g/mol. The predicted molar refractivity (Wildman–Crippen MR) is 83.9 cm³/mol. The summed E-state index contributed by atoms with van der Waals surface area (Å²) in [4.78, 5) is 2.41. The molecule has 0 saturated heterocycles. The van der Waals surface area contributed by atoms with Gasteiger partial charge in [-0.1, -0.05) is 45.9 Å². The van der Waals surface area contributed by atoms with Gasteiger partial charge in [-0.05, 0) is 18.8 Å². The second kappa shape index (κ2) is 8.38. The van der Waals surface area contributed by atoms with E-state index in [-0.39, 0.29) is 12.4 Å². The summed E-state index contributed by atoms with van der Waals surface area (Å²) in [5.41, 5.74) is 6.96. The zero-order chi connectivity index (χ0) is 15.1. The number of benzene rings is 1. The van der Waals surface area contributed by atoms with Crippen molar-refractivity contribution in [1.29, 1.82) is 0 Å². The summed E-state index contributed by atoms with van der Waals surface area (Å²) in [5, 5.41) is 0. The van der Waals surface area contributed by atoms with Gasteiger partial charge in [-0.2, -0.15) is 0 Å². The van der Waals surface area contributed by atoms with Crippen LogP contribution in [0.1, 0.15) is 51.7 Å². The Bertz CT molecular complexity index is 400. The van der Waals surface area contributed by atoms with Crippen LogP contribution >= 0.6 is 0 Å². The third kappa shape index (κ3) is 4.57. The summed E-state index contributed by atoms with van der Waals surface area (Å²) in [5.74, 6) is 0.450. The van der Waals surface area contributed by atoms with Gasteiger partial charge in [0.25, 0.3) is 0 Å². The summed E-state index contributed by atoms with van der Waals surface area (Å²) >= 11 is 0. The van der Waals surface area contributed by atoms with Crippen molar-refractivity contribution >= 4 is 0 Å². The molecule has 0 aliphatic carbocycles. The highest BCUT2D eigenvalue weighted by atomic mass is 19.1. The third-order valence-electron chi connectivity index (χ3n) is 3.81. The molecule has 2 nitrogen and oxygen atoms in total. The van der Waals surface area contributed by atoms with Gasteiger partial charge in [0.05, 0.1) is 0 Å². The van der Waals surface area contributed by atoms with Gasteiger partial charge in [0, 0.05) is 36.8 Å². The van der Waals surface area contributed by atoms with Crippen molar-refractivity contribution in [2.45, 2.75) is 59.7 Å². The molecule has 0 spiro atoms. The molecule has 3 heteroatoms. The molecule has 0 aliphatic rings. The molecule has 1 aromatic rings. The van der Waals surface area contributed by atoms with Crippen LogP contribution in [0.25, 0.3) is 0 Å². The van der Waals surface area contributed by atoms with Gasteiger partial charge in [-0.3, -0.25) is 4.90 Å². The van der Waals surface area contributed by atoms with Crippen molar-refractivity contribution in [2.75, 3.05) is 6.54 Å². The summed E-state index contributed by atoms with van der Waals surface area (Å²) in [7, 11) is 0. The normalized spacial score (nSPS) is 11.8. The molecule has 0 atom stereocenters. The van der Waals surface area contributed by atoms with Gasteiger partial charge in [-0.25, -0.2) is 4.39 Å². The third-order valence-corrected chi connectivity index (χ3v) is 3.81. The number of nitrogens with zero attached hydrogens (tertiary/aromatic N) is 1. The quantitative estimate of drug-likeness (QED) is 0.781. The van der Waals surface area contributed by atoms with Gasteiger partial charge in [0.15, 0.2) is 0 Å². The zero-order valence-corrected chi connectivity index (χ0v) is 13.3. The van der Waals surface area contributed by atoms with Gasteiger partial charge in [0.1, 0.15) is 5.82 Å². The first-order valence-corrected chi connectivity index (χ1v) is 7.73. The van der Waals surface area contributed by atoms with E-state index in [1.807, 2.05) is 12.1 Å². The molecule has 0 radical (unpaired) electrons. The van der Waals surface area contributed by atoms with Gasteiger partial charge < -0.3 is 5.73 Å². The maximum absolute atomic E-state index is 14.3. The van der Waals surface area contributed by atoms with E-state index in [1.54, 1.807) is 6.07 Å². The van der Waals surface area contributed by atoms with Crippen molar-refractivity contribution in [2.24, 2.45) is 11.7 Å². The fraction of sp³-hybridized carbons (Fsp3) is 0.647. The standard InChI is InChI=1S/C17H29FN2/c1-5-16(6-2)20(11-13(3)4)12-15-9-7-8-14(10-19)17(15)18/h7-9,13,16H,5-6,10-12,19H2,1-4H3. The fourth-order valence-electron chi connectivity index (χ4n) is 2.75. The topological polar surface area (TPSA) is 29.3 Å². The van der Waals surface area contributed by atoms with Crippen LogP contribution in [0.2, 0.25) is 0 Å². The minimum absolute atomic E-state index is 0.130. The number of halogens is 1. The number of nitrogens with two attached hydrogens (primary N) is 1. The van der Waals surface area contributed by atoms with Crippen LogP contribution in [0.5, 0.6) is 0 Å². The van der Waals surface area contributed by atoms with Gasteiger partial charge in [-0.15, -0.1) is 0 Å². The summed E-state index contributed by atoms with van der Waals surface area (Å²) in [6, 6.07) is 6.06. The molecule has 1 rings (SSSR count). The van der Waals surface area contributed by atoms with E-state index in [0.717, 1.165) is 24.9 Å². The van der Waals surface area contributed by atoms with Crippen molar-refractivity contribution in [1.82, 2.24) is 4.90 Å². The van der Waals surface area contributed by atoms with Crippen LogP contribution < -0.4 is 5.73 Å². The fourth-order valence-corrected chi connectivity index (χ4v) is 2.75. The Kier molecular flexibility index (Phi) is 7.17. The second-order valence-electron chi connectivity index (χ2n) is 5.89. The first-order chi connectivity index (χ1) is 9.53. The molecule has 1 aromatic carbocycles. The SMILES string of the molecule is CCC(CC)N(Cc1cccc(CN)c1F)CC(C)C. The Morgan fingerprint density at radius 2 is 1.75 bits per heavy atom. The van der Waals surface area contributed by atoms with E-state index in [1.165, 1.54) is 0 Å². The Morgan fingerprint density at radius 3 is 2.25 bits per heavy atom. The number of hydrogen-bond acceptors (Lipinski definition) is 2. The van der Waals surface area contributed by atoms with Crippen LogP contribution in [-0.2, 0) is 13.1 Å². The van der Waals surface area contributed by atoms with Gasteiger partial charge in [0.2, 0.25) is 0 Å². The summed E-state index contributed by atoms with van der Waals surface area (Å²) in [6.07, 6.45) is 2.20. The molecule has 2 N–H and O–H groups in total. The molecule has 0 heterocycles. The monoisotopic (exact) mass is 280 g/mol. The second-order valence-corrected chi connectivity index (χ2v) is 5.89. The largest absolute Gasteiger partial charge is 0.326 e. The van der Waals surface area contributed by atoms with Gasteiger partial charge >= 0.3 is 0 Å². The minimum atomic E-state index is -0.130. The summed E-state index contributed by atoms with van der Waals surface area (Å²) in [6.45, 7) is 10.8. The molecule has 114 valence electrons. The van der Waals surface area contributed by atoms with Crippen LogP contribution in [0.15, 0.2) is 18.2 Å². The molecule has 0 amide bonds. The summed E-state index contributed by atoms with van der Waals surface area (Å²) < 4.78 is 14.3. The molecule has 0 fully saturated rings. The molecule has 0 aliphatic heterocycles. The minimum Gasteiger partial charge on any atom is -0.326 e. The Balaban J connectivity index is 2.94. The van der Waals surface area contributed by atoms with E-state index >= 15 is 0 Å². The van der Waals surface area contributed by atoms with E-state index in [0.29, 0.717) is 24.1 Å². The van der Waals surface area contributed by atoms with E-state index in [9.17, 15) is 4.39 Å². The lowest BCUT2D eigenvalue weighted by atomic mass is 10.0. The van der Waals surface area contributed by atoms with Crippen molar-refractivity contribution in [3.05, 3.63) is 35.1 Å². The number of hydrogen-bond donors (Lipinski definition) is 1. The molecule has 0 saturated carbocycles. The maximum Gasteiger partial charge on any atom is 0.132 e. The highest BCUT2D eigenvalue weighted by Crippen LogP contribution is 2.19. The zero-order valence-electron chi connectivity index (χ0n) is 13.3. The molecular formula is C17H29FN2. The molecule has 0 bridgehead atoms. The van der Waals surface area contributed by atoms with E-state index < -0.39 is 0 Å². The van der Waals surface area contributed by atoms with Crippen LogP contribution in [0.4, 0.5) is 4.39 Å². The molecular weight excluding hydrogens is 251 g/mol. The predicted octanol–water partition coefficient (Wildman–Crippen LogP) is 3.93. The lowest BCUT2D eigenvalue weighted by Crippen LogP contribution is -2.37. The first kappa shape index (κ1) is 17.1. The van der Waals surface area contributed by atoms with Crippen molar-refractivity contribution < 1.29 is 4.39 Å². The maximum atomic E-state index is 14.3. The highest BCUT2D eigenvalue weighted by Gasteiger charge is 2.18. The van der Waals surface area contributed by atoms with Crippen LogP contribution in [-0.4, -0.2) is 17.5 Å². The smallest absolute Gasteiger partial charge is 0.132 e. The first-order valence-electron chi connectivity index (χ1n) is 7.73. The van der Waals surface area contributed by atoms with Crippen molar-refractivity contribution in [3.8, 4) is 0 Å².